The Labute approximate surface area is 138 Å². The lowest BCUT2D eigenvalue weighted by Crippen LogP contribution is -2.42. The number of hydrogen-bond acceptors (Lipinski definition) is 3. The van der Waals surface area contributed by atoms with Gasteiger partial charge in [0.2, 0.25) is 11.8 Å². The van der Waals surface area contributed by atoms with Crippen molar-refractivity contribution in [3.63, 3.8) is 0 Å². The fourth-order valence-corrected chi connectivity index (χ4v) is 1.98. The molecule has 0 heterocycles. The van der Waals surface area contributed by atoms with Crippen molar-refractivity contribution in [2.45, 2.75) is 33.1 Å². The molecule has 1 rings (SSSR count). The fraction of sp³-hybridized carbons (Fsp3) is 0.500. The van der Waals surface area contributed by atoms with E-state index in [1.165, 1.54) is 0 Å². The summed E-state index contributed by atoms with van der Waals surface area (Å²) < 4.78 is 0. The summed E-state index contributed by atoms with van der Waals surface area (Å²) in [6.07, 6.45) is 2.01. The number of nitrogen functional groups attached to an aromatic ring is 1. The molecular weight excluding hydrogens is 302 g/mol. The van der Waals surface area contributed by atoms with Crippen molar-refractivity contribution in [3.8, 4) is 0 Å². The molecule has 0 radical (unpaired) electrons. The normalized spacial score (nSPS) is 9.73. The molecule has 0 aliphatic carbocycles. The van der Waals surface area contributed by atoms with Crippen LogP contribution < -0.4 is 11.1 Å². The minimum atomic E-state index is -0.101. The molecule has 0 atom stereocenters. The number of nitrogens with one attached hydrogen (secondary N) is 1. The summed E-state index contributed by atoms with van der Waals surface area (Å²) in [6, 6.07) is 7.24. The van der Waals surface area contributed by atoms with Crippen molar-refractivity contribution < 1.29 is 9.59 Å². The lowest BCUT2D eigenvalue weighted by molar-refractivity contribution is -0.135. The third-order valence-corrected chi connectivity index (χ3v) is 3.09. The summed E-state index contributed by atoms with van der Waals surface area (Å²) in [5, 5.41) is 2.80. The number of anilines is 1. The van der Waals surface area contributed by atoms with Gasteiger partial charge in [0, 0.05) is 18.8 Å². The molecule has 1 aromatic carbocycles. The van der Waals surface area contributed by atoms with E-state index in [1.54, 1.807) is 17.0 Å². The van der Waals surface area contributed by atoms with Crippen molar-refractivity contribution in [3.05, 3.63) is 29.8 Å². The minimum Gasteiger partial charge on any atom is -0.399 e. The first kappa shape index (κ1) is 20.2. The van der Waals surface area contributed by atoms with E-state index in [0.717, 1.165) is 18.4 Å². The molecule has 0 saturated carbocycles. The highest BCUT2D eigenvalue weighted by Crippen LogP contribution is 2.08. The maximum absolute atomic E-state index is 12.3. The average Bonchev–Trinajstić information content (AvgIpc) is 2.47. The summed E-state index contributed by atoms with van der Waals surface area (Å²) in [5.74, 6) is -0.135. The number of halogens is 1. The number of carbonyl (C=O) groups is 2. The standard InChI is InChI=1S/C16H25N3O2.ClH/c1-3-9-18-15(20)12-19(10-4-2)16(21)11-13-5-7-14(17)8-6-13;/h5-8H,3-4,9-12,17H2,1-2H3,(H,18,20);1H. The Morgan fingerprint density at radius 3 is 2.32 bits per heavy atom. The first-order chi connectivity index (χ1) is 10.1. The number of carbonyl (C=O) groups excluding carboxylic acids is 2. The van der Waals surface area contributed by atoms with Gasteiger partial charge in [-0.3, -0.25) is 9.59 Å². The molecule has 0 saturated heterocycles. The van der Waals surface area contributed by atoms with E-state index in [0.29, 0.717) is 25.2 Å². The highest BCUT2D eigenvalue weighted by molar-refractivity contribution is 5.86. The van der Waals surface area contributed by atoms with Crippen LogP contribution in [0.1, 0.15) is 32.3 Å². The molecule has 0 bridgehead atoms. The lowest BCUT2D eigenvalue weighted by atomic mass is 10.1. The Kier molecular flexibility index (Phi) is 10.0. The van der Waals surface area contributed by atoms with Crippen LogP contribution in [0.15, 0.2) is 24.3 Å². The minimum absolute atomic E-state index is 0. The zero-order valence-electron chi connectivity index (χ0n) is 13.3. The Morgan fingerprint density at radius 1 is 1.14 bits per heavy atom. The third kappa shape index (κ3) is 7.31. The van der Waals surface area contributed by atoms with Gasteiger partial charge in [-0.1, -0.05) is 26.0 Å². The predicted octanol–water partition coefficient (Wildman–Crippen LogP) is 2.00. The van der Waals surface area contributed by atoms with Crippen LogP contribution in [0, 0.1) is 0 Å². The highest BCUT2D eigenvalue weighted by Gasteiger charge is 2.16. The summed E-state index contributed by atoms with van der Waals surface area (Å²) in [7, 11) is 0. The molecule has 0 aliphatic rings. The number of nitrogens with zero attached hydrogens (tertiary/aromatic N) is 1. The van der Waals surface area contributed by atoms with Crippen LogP contribution in [-0.4, -0.2) is 36.3 Å². The predicted molar refractivity (Wildman–Crippen MR) is 92.0 cm³/mol. The van der Waals surface area contributed by atoms with Crippen molar-refractivity contribution in [1.29, 1.82) is 0 Å². The van der Waals surface area contributed by atoms with Crippen LogP contribution in [0.25, 0.3) is 0 Å². The van der Waals surface area contributed by atoms with E-state index in [9.17, 15) is 9.59 Å². The number of nitrogens with two attached hydrogens (primary N) is 1. The molecule has 5 nitrogen and oxygen atoms in total. The van der Waals surface area contributed by atoms with E-state index in [4.69, 9.17) is 5.73 Å². The molecule has 0 fully saturated rings. The van der Waals surface area contributed by atoms with Gasteiger partial charge >= 0.3 is 0 Å². The maximum Gasteiger partial charge on any atom is 0.239 e. The molecule has 0 aliphatic heterocycles. The van der Waals surface area contributed by atoms with Crippen LogP contribution in [0.2, 0.25) is 0 Å². The second-order valence-electron chi connectivity index (χ2n) is 5.08. The second-order valence-corrected chi connectivity index (χ2v) is 5.08. The zero-order chi connectivity index (χ0) is 15.7. The second kappa shape index (κ2) is 10.9. The van der Waals surface area contributed by atoms with Gasteiger partial charge < -0.3 is 16.0 Å². The quantitative estimate of drug-likeness (QED) is 0.717. The van der Waals surface area contributed by atoms with Gasteiger partial charge in [0.15, 0.2) is 0 Å². The van der Waals surface area contributed by atoms with E-state index in [-0.39, 0.29) is 30.8 Å². The van der Waals surface area contributed by atoms with Crippen LogP contribution in [-0.2, 0) is 16.0 Å². The lowest BCUT2D eigenvalue weighted by Gasteiger charge is -2.21. The summed E-state index contributed by atoms with van der Waals surface area (Å²) in [5.41, 5.74) is 7.21. The molecule has 124 valence electrons. The van der Waals surface area contributed by atoms with E-state index >= 15 is 0 Å². The van der Waals surface area contributed by atoms with Crippen molar-refractivity contribution in [2.24, 2.45) is 0 Å². The highest BCUT2D eigenvalue weighted by atomic mass is 35.5. The molecule has 0 unspecified atom stereocenters. The topological polar surface area (TPSA) is 75.4 Å². The van der Waals surface area contributed by atoms with Gasteiger partial charge in [0.25, 0.3) is 0 Å². The number of benzene rings is 1. The monoisotopic (exact) mass is 327 g/mol. The van der Waals surface area contributed by atoms with Crippen LogP contribution in [0.3, 0.4) is 0 Å². The first-order valence-electron chi connectivity index (χ1n) is 7.45. The van der Waals surface area contributed by atoms with Crippen LogP contribution >= 0.6 is 12.4 Å². The Balaban J connectivity index is 0.00000441. The van der Waals surface area contributed by atoms with Gasteiger partial charge in [0.05, 0.1) is 13.0 Å². The van der Waals surface area contributed by atoms with Crippen molar-refractivity contribution in [1.82, 2.24) is 10.2 Å². The van der Waals surface area contributed by atoms with Gasteiger partial charge in [-0.15, -0.1) is 12.4 Å². The Bertz CT molecular complexity index is 463. The Morgan fingerprint density at radius 2 is 1.77 bits per heavy atom. The summed E-state index contributed by atoms with van der Waals surface area (Å²) in [4.78, 5) is 25.7. The van der Waals surface area contributed by atoms with Gasteiger partial charge in [-0.25, -0.2) is 0 Å². The smallest absolute Gasteiger partial charge is 0.239 e. The SMILES string of the molecule is CCCNC(=O)CN(CCC)C(=O)Cc1ccc(N)cc1.Cl. The number of rotatable bonds is 8. The molecular formula is C16H26ClN3O2. The van der Waals surface area contributed by atoms with Crippen LogP contribution in [0.5, 0.6) is 0 Å². The number of hydrogen-bond donors (Lipinski definition) is 2. The van der Waals surface area contributed by atoms with Gasteiger partial charge in [0.1, 0.15) is 0 Å². The van der Waals surface area contributed by atoms with E-state index in [2.05, 4.69) is 5.32 Å². The summed E-state index contributed by atoms with van der Waals surface area (Å²) >= 11 is 0. The van der Waals surface area contributed by atoms with E-state index in [1.807, 2.05) is 26.0 Å². The molecule has 2 amide bonds. The molecule has 3 N–H and O–H groups in total. The van der Waals surface area contributed by atoms with E-state index < -0.39 is 0 Å². The largest absolute Gasteiger partial charge is 0.399 e. The fourth-order valence-electron chi connectivity index (χ4n) is 1.98. The average molecular weight is 328 g/mol. The molecule has 1 aromatic rings. The molecule has 6 heteroatoms. The number of amides is 2. The van der Waals surface area contributed by atoms with Gasteiger partial charge in [-0.2, -0.15) is 0 Å². The van der Waals surface area contributed by atoms with Crippen molar-refractivity contribution in [2.75, 3.05) is 25.4 Å². The third-order valence-electron chi connectivity index (χ3n) is 3.09. The maximum atomic E-state index is 12.3. The molecule has 22 heavy (non-hydrogen) atoms. The van der Waals surface area contributed by atoms with Crippen LogP contribution in [0.4, 0.5) is 5.69 Å². The zero-order valence-corrected chi connectivity index (χ0v) is 14.1. The van der Waals surface area contributed by atoms with Gasteiger partial charge in [-0.05, 0) is 30.5 Å². The first-order valence-corrected chi connectivity index (χ1v) is 7.45. The summed E-state index contributed by atoms with van der Waals surface area (Å²) in [6.45, 7) is 5.35. The van der Waals surface area contributed by atoms with Crippen molar-refractivity contribution >= 4 is 29.9 Å². The molecule has 0 spiro atoms. The molecule has 0 aromatic heterocycles. The Hall–Kier alpha value is -1.75.